The molecule has 0 fully saturated rings. The van der Waals surface area contributed by atoms with Gasteiger partial charge in [0.05, 0.1) is 0 Å². The number of nitrogens with one attached hydrogen (secondary N) is 1. The molecule has 0 atom stereocenters. The van der Waals surface area contributed by atoms with E-state index in [1.54, 1.807) is 6.07 Å². The molecule has 0 bridgehead atoms. The second-order valence-electron chi connectivity index (χ2n) is 5.75. The van der Waals surface area contributed by atoms with Crippen LogP contribution in [0.15, 0.2) is 60.7 Å². The lowest BCUT2D eigenvalue weighted by Crippen LogP contribution is -2.00. The molecule has 0 spiro atoms. The Morgan fingerprint density at radius 1 is 0.846 bits per heavy atom. The number of hydrogen-bond donors (Lipinski definition) is 2. The van der Waals surface area contributed by atoms with Gasteiger partial charge in [-0.3, -0.25) is 0 Å². The Morgan fingerprint density at radius 3 is 2.54 bits per heavy atom. The molecule has 7 heteroatoms. The third kappa shape index (κ3) is 3.56. The maximum Gasteiger partial charge on any atom is 0.207 e. The van der Waals surface area contributed by atoms with E-state index in [9.17, 15) is 0 Å². The van der Waals surface area contributed by atoms with Crippen molar-refractivity contribution in [3.8, 4) is 11.5 Å². The number of nitrogens with two attached hydrogens (primary N) is 1. The minimum absolute atomic E-state index is 0.335. The number of benzene rings is 2. The van der Waals surface area contributed by atoms with Crippen molar-refractivity contribution in [1.82, 2.24) is 20.4 Å². The van der Waals surface area contributed by atoms with Crippen molar-refractivity contribution in [3.05, 3.63) is 71.8 Å². The van der Waals surface area contributed by atoms with E-state index >= 15 is 0 Å². The zero-order chi connectivity index (χ0) is 17.8. The van der Waals surface area contributed by atoms with Gasteiger partial charge in [-0.2, -0.15) is 10.3 Å². The minimum Gasteiger partial charge on any atom is -0.489 e. The molecule has 3 N–H and O–H groups in total. The molecule has 0 saturated heterocycles. The van der Waals surface area contributed by atoms with E-state index in [4.69, 9.17) is 15.2 Å². The van der Waals surface area contributed by atoms with Crippen LogP contribution in [0.3, 0.4) is 0 Å². The summed E-state index contributed by atoms with van der Waals surface area (Å²) in [5.74, 6) is 1.66. The highest BCUT2D eigenvalue weighted by Gasteiger charge is 2.10. The smallest absolute Gasteiger partial charge is 0.207 e. The number of aromatic nitrogens is 4. The van der Waals surface area contributed by atoms with E-state index in [1.165, 1.54) is 0 Å². The van der Waals surface area contributed by atoms with Crippen LogP contribution in [0.5, 0.6) is 11.5 Å². The quantitative estimate of drug-likeness (QED) is 0.556. The summed E-state index contributed by atoms with van der Waals surface area (Å²) in [6, 6.07) is 19.5. The standard InChI is InChI=1S/C19H17N5O2/c20-17-10-16(18-19(21-17)23-24-22-18)26-12-14-7-4-8-15(9-14)25-11-13-5-2-1-3-6-13/h1-10H,11-12H2,(H3,20,21,22,23,24). The van der Waals surface area contributed by atoms with Gasteiger partial charge in [-0.1, -0.05) is 42.5 Å². The lowest BCUT2D eigenvalue weighted by molar-refractivity contribution is 0.297. The van der Waals surface area contributed by atoms with Gasteiger partial charge in [-0.05, 0) is 23.3 Å². The highest BCUT2D eigenvalue weighted by atomic mass is 16.5. The summed E-state index contributed by atoms with van der Waals surface area (Å²) in [5.41, 5.74) is 8.86. The number of nitrogen functional groups attached to an aromatic ring is 1. The van der Waals surface area contributed by atoms with Crippen LogP contribution < -0.4 is 15.2 Å². The van der Waals surface area contributed by atoms with E-state index in [-0.39, 0.29) is 0 Å². The van der Waals surface area contributed by atoms with E-state index in [0.717, 1.165) is 16.9 Å². The van der Waals surface area contributed by atoms with Gasteiger partial charge in [0.25, 0.3) is 0 Å². The van der Waals surface area contributed by atoms with Crippen LogP contribution in [0, 0.1) is 0 Å². The number of nitrogens with zero attached hydrogens (tertiary/aromatic N) is 3. The molecule has 2 heterocycles. The highest BCUT2D eigenvalue weighted by molar-refractivity contribution is 5.78. The van der Waals surface area contributed by atoms with Crippen molar-refractivity contribution in [1.29, 1.82) is 0 Å². The predicted molar refractivity (Wildman–Crippen MR) is 97.6 cm³/mol. The van der Waals surface area contributed by atoms with Crippen molar-refractivity contribution in [3.63, 3.8) is 0 Å². The van der Waals surface area contributed by atoms with Crippen LogP contribution in [-0.2, 0) is 13.2 Å². The molecule has 0 aliphatic heterocycles. The third-order valence-corrected chi connectivity index (χ3v) is 3.82. The molecule has 0 radical (unpaired) electrons. The van der Waals surface area contributed by atoms with Gasteiger partial charge in [0.1, 0.15) is 24.8 Å². The molecular weight excluding hydrogens is 330 g/mol. The molecule has 26 heavy (non-hydrogen) atoms. The summed E-state index contributed by atoms with van der Waals surface area (Å²) in [6.07, 6.45) is 0. The van der Waals surface area contributed by atoms with E-state index in [0.29, 0.717) is 35.9 Å². The Balaban J connectivity index is 1.44. The Morgan fingerprint density at radius 2 is 1.65 bits per heavy atom. The fourth-order valence-corrected chi connectivity index (χ4v) is 2.56. The minimum atomic E-state index is 0.335. The molecular formula is C19H17N5O2. The molecule has 7 nitrogen and oxygen atoms in total. The summed E-state index contributed by atoms with van der Waals surface area (Å²) in [4.78, 5) is 4.09. The first kappa shape index (κ1) is 15.9. The average molecular weight is 347 g/mol. The van der Waals surface area contributed by atoms with Gasteiger partial charge in [0.15, 0.2) is 11.3 Å². The Labute approximate surface area is 149 Å². The maximum absolute atomic E-state index is 5.86. The van der Waals surface area contributed by atoms with Gasteiger partial charge in [0.2, 0.25) is 5.65 Å². The third-order valence-electron chi connectivity index (χ3n) is 3.82. The zero-order valence-electron chi connectivity index (χ0n) is 13.9. The summed E-state index contributed by atoms with van der Waals surface area (Å²) < 4.78 is 11.7. The Hall–Kier alpha value is -3.61. The van der Waals surface area contributed by atoms with Gasteiger partial charge in [0, 0.05) is 6.07 Å². The first-order valence-corrected chi connectivity index (χ1v) is 8.13. The fourth-order valence-electron chi connectivity index (χ4n) is 2.56. The normalized spacial score (nSPS) is 10.8. The lowest BCUT2D eigenvalue weighted by atomic mass is 10.2. The lowest BCUT2D eigenvalue weighted by Gasteiger charge is -2.10. The van der Waals surface area contributed by atoms with Crippen LogP contribution in [0.1, 0.15) is 11.1 Å². The number of fused-ring (bicyclic) bond motifs is 1. The fraction of sp³-hybridized carbons (Fsp3) is 0.105. The summed E-state index contributed by atoms with van der Waals surface area (Å²) in [6.45, 7) is 0.875. The number of H-pyrrole nitrogens is 1. The Kier molecular flexibility index (Phi) is 4.34. The van der Waals surface area contributed by atoms with E-state index < -0.39 is 0 Å². The number of anilines is 1. The van der Waals surface area contributed by atoms with Crippen molar-refractivity contribution >= 4 is 17.0 Å². The van der Waals surface area contributed by atoms with Crippen LogP contribution in [-0.4, -0.2) is 20.4 Å². The first-order chi connectivity index (χ1) is 12.8. The first-order valence-electron chi connectivity index (χ1n) is 8.13. The van der Waals surface area contributed by atoms with Crippen molar-refractivity contribution in [2.24, 2.45) is 0 Å². The summed E-state index contributed by atoms with van der Waals surface area (Å²) >= 11 is 0. The zero-order valence-corrected chi connectivity index (χ0v) is 13.9. The van der Waals surface area contributed by atoms with Crippen molar-refractivity contribution in [2.75, 3.05) is 5.73 Å². The van der Waals surface area contributed by atoms with Crippen LogP contribution >= 0.6 is 0 Å². The number of hydrogen-bond acceptors (Lipinski definition) is 6. The summed E-state index contributed by atoms with van der Waals surface area (Å²) in [5, 5.41) is 10.5. The molecule has 4 rings (SSSR count). The molecule has 2 aromatic heterocycles. The second-order valence-corrected chi connectivity index (χ2v) is 5.75. The number of rotatable bonds is 6. The van der Waals surface area contributed by atoms with Crippen molar-refractivity contribution < 1.29 is 9.47 Å². The van der Waals surface area contributed by atoms with Crippen LogP contribution in [0.4, 0.5) is 5.82 Å². The van der Waals surface area contributed by atoms with Gasteiger partial charge in [-0.15, -0.1) is 5.10 Å². The number of aromatic amines is 1. The molecule has 4 aromatic rings. The Bertz CT molecular complexity index is 1020. The molecule has 0 aliphatic rings. The average Bonchev–Trinajstić information content (AvgIpc) is 3.14. The largest absolute Gasteiger partial charge is 0.489 e. The topological polar surface area (TPSA) is 98.9 Å². The van der Waals surface area contributed by atoms with E-state index in [1.807, 2.05) is 54.6 Å². The van der Waals surface area contributed by atoms with Gasteiger partial charge in [-0.25, -0.2) is 4.98 Å². The SMILES string of the molecule is Nc1cc(OCc2cccc(OCc3ccccc3)c2)c2n[nH]nc2n1. The van der Waals surface area contributed by atoms with Gasteiger partial charge >= 0.3 is 0 Å². The van der Waals surface area contributed by atoms with Crippen LogP contribution in [0.2, 0.25) is 0 Å². The molecule has 0 aliphatic carbocycles. The maximum atomic E-state index is 5.86. The second kappa shape index (κ2) is 7.10. The van der Waals surface area contributed by atoms with Crippen LogP contribution in [0.25, 0.3) is 11.2 Å². The number of pyridine rings is 1. The predicted octanol–water partition coefficient (Wildman–Crippen LogP) is 3.09. The molecule has 130 valence electrons. The summed E-state index contributed by atoms with van der Waals surface area (Å²) in [7, 11) is 0. The van der Waals surface area contributed by atoms with Gasteiger partial charge < -0.3 is 15.2 Å². The number of ether oxygens (including phenoxy) is 2. The molecule has 0 saturated carbocycles. The monoisotopic (exact) mass is 347 g/mol. The molecule has 0 unspecified atom stereocenters. The van der Waals surface area contributed by atoms with E-state index in [2.05, 4.69) is 20.4 Å². The highest BCUT2D eigenvalue weighted by Crippen LogP contribution is 2.24. The van der Waals surface area contributed by atoms with Crippen molar-refractivity contribution in [2.45, 2.75) is 13.2 Å². The molecule has 2 aromatic carbocycles. The molecule has 0 amide bonds.